The fourth-order valence-corrected chi connectivity index (χ4v) is 3.07. The Morgan fingerprint density at radius 3 is 2.19 bits per heavy atom. The predicted octanol–water partition coefficient (Wildman–Crippen LogP) is 5.20. The van der Waals surface area contributed by atoms with Crippen LogP contribution < -0.4 is 0 Å². The van der Waals surface area contributed by atoms with Crippen molar-refractivity contribution in [2.75, 3.05) is 7.11 Å². The molecule has 0 aliphatic carbocycles. The van der Waals surface area contributed by atoms with Crippen LogP contribution in [-0.2, 0) is 19.7 Å². The maximum Gasteiger partial charge on any atom is 0.334 e. The van der Waals surface area contributed by atoms with Crippen LogP contribution in [0.2, 0.25) is 0 Å². The quantitative estimate of drug-likeness (QED) is 0.523. The smallest absolute Gasteiger partial charge is 0.334 e. The van der Waals surface area contributed by atoms with Crippen LogP contribution in [0.3, 0.4) is 0 Å². The minimum atomic E-state index is -1.09. The minimum Gasteiger partial charge on any atom is -0.481 e. The Kier molecular flexibility index (Phi) is 6.60. The van der Waals surface area contributed by atoms with Gasteiger partial charge in [-0.3, -0.25) is 4.79 Å². The zero-order valence-corrected chi connectivity index (χ0v) is 17.5. The molecule has 0 amide bonds. The minimum absolute atomic E-state index is 0.0843. The van der Waals surface area contributed by atoms with Gasteiger partial charge in [-0.15, -0.1) is 0 Å². The molecule has 0 aliphatic heterocycles. The highest BCUT2D eigenvalue weighted by Crippen LogP contribution is 2.33. The van der Waals surface area contributed by atoms with Gasteiger partial charge < -0.3 is 9.84 Å². The summed E-state index contributed by atoms with van der Waals surface area (Å²) in [5.74, 6) is -1.73. The lowest BCUT2D eigenvalue weighted by atomic mass is 9.83. The zero-order chi connectivity index (χ0) is 20.2. The third kappa shape index (κ3) is 5.30. The summed E-state index contributed by atoms with van der Waals surface area (Å²) < 4.78 is 5.78. The molecular weight excluding hydrogens is 408 g/mol. The molecule has 0 bridgehead atoms. The van der Waals surface area contributed by atoms with E-state index in [4.69, 9.17) is 4.74 Å². The average molecular weight is 431 g/mol. The fourth-order valence-electron chi connectivity index (χ4n) is 2.81. The van der Waals surface area contributed by atoms with Crippen molar-refractivity contribution in [2.45, 2.75) is 32.6 Å². The molecule has 4 nitrogen and oxygen atoms in total. The van der Waals surface area contributed by atoms with E-state index in [1.807, 2.05) is 48.5 Å². The number of hydrogen-bond donors (Lipinski definition) is 1. The SMILES string of the molecule is COC(=O)/C(CC(=O)O)=C(\c1ccc(Br)cc1)c1cccc(C(C)(C)C)c1. The van der Waals surface area contributed by atoms with Gasteiger partial charge in [0, 0.05) is 4.47 Å². The lowest BCUT2D eigenvalue weighted by Crippen LogP contribution is -2.14. The average Bonchev–Trinajstić information content (AvgIpc) is 2.61. The first kappa shape index (κ1) is 20.9. The summed E-state index contributed by atoms with van der Waals surface area (Å²) in [4.78, 5) is 23.9. The van der Waals surface area contributed by atoms with Gasteiger partial charge in [0.05, 0.1) is 19.1 Å². The Bertz CT molecular complexity index is 874. The van der Waals surface area contributed by atoms with Gasteiger partial charge >= 0.3 is 11.9 Å². The number of carbonyl (C=O) groups excluding carboxylic acids is 1. The highest BCUT2D eigenvalue weighted by molar-refractivity contribution is 9.10. The number of hydrogen-bond acceptors (Lipinski definition) is 3. The molecular formula is C22H23BrO4. The highest BCUT2D eigenvalue weighted by atomic mass is 79.9. The Morgan fingerprint density at radius 2 is 1.67 bits per heavy atom. The molecule has 0 saturated carbocycles. The van der Waals surface area contributed by atoms with Crippen molar-refractivity contribution in [2.24, 2.45) is 0 Å². The Labute approximate surface area is 168 Å². The van der Waals surface area contributed by atoms with E-state index in [2.05, 4.69) is 36.7 Å². The van der Waals surface area contributed by atoms with Crippen LogP contribution >= 0.6 is 15.9 Å². The van der Waals surface area contributed by atoms with E-state index in [9.17, 15) is 14.7 Å². The monoisotopic (exact) mass is 430 g/mol. The summed E-state index contributed by atoms with van der Waals surface area (Å²) in [6.45, 7) is 6.31. The van der Waals surface area contributed by atoms with Crippen molar-refractivity contribution >= 4 is 33.4 Å². The molecule has 1 N–H and O–H groups in total. The number of aliphatic carboxylic acids is 1. The normalized spacial score (nSPS) is 12.3. The molecule has 0 unspecified atom stereocenters. The van der Waals surface area contributed by atoms with Crippen LogP contribution in [0.15, 0.2) is 58.6 Å². The van der Waals surface area contributed by atoms with Crippen LogP contribution in [-0.4, -0.2) is 24.2 Å². The summed E-state index contributed by atoms with van der Waals surface area (Å²) >= 11 is 3.41. The van der Waals surface area contributed by atoms with Gasteiger partial charge in [0.15, 0.2) is 0 Å². The van der Waals surface area contributed by atoms with Crippen LogP contribution in [0.1, 0.15) is 43.9 Å². The molecule has 142 valence electrons. The first-order valence-corrected chi connectivity index (χ1v) is 9.33. The standard InChI is InChI=1S/C22H23BrO4/c1-22(2,3)16-7-5-6-15(12-16)20(14-8-10-17(23)11-9-14)18(13-19(24)25)21(26)27-4/h5-12H,13H2,1-4H3,(H,24,25)/b20-18+. The second kappa shape index (κ2) is 8.53. The fraction of sp³-hybridized carbons (Fsp3) is 0.273. The number of ether oxygens (including phenoxy) is 1. The predicted molar refractivity (Wildman–Crippen MR) is 110 cm³/mol. The lowest BCUT2D eigenvalue weighted by molar-refractivity contribution is -0.141. The second-order valence-corrected chi connectivity index (χ2v) is 8.17. The van der Waals surface area contributed by atoms with Gasteiger partial charge in [-0.1, -0.05) is 73.1 Å². The van der Waals surface area contributed by atoms with Crippen molar-refractivity contribution in [3.63, 3.8) is 0 Å². The van der Waals surface area contributed by atoms with Gasteiger partial charge in [-0.25, -0.2) is 4.79 Å². The number of carboxylic acids is 1. The third-order valence-electron chi connectivity index (χ3n) is 4.21. The molecule has 0 spiro atoms. The molecule has 0 radical (unpaired) electrons. The number of halogens is 1. The number of benzene rings is 2. The van der Waals surface area contributed by atoms with E-state index in [1.54, 1.807) is 0 Å². The van der Waals surface area contributed by atoms with Gasteiger partial charge in [0.25, 0.3) is 0 Å². The number of methoxy groups -OCH3 is 1. The lowest BCUT2D eigenvalue weighted by Gasteiger charge is -2.21. The molecule has 0 fully saturated rings. The van der Waals surface area contributed by atoms with Crippen LogP contribution in [0, 0.1) is 0 Å². The van der Waals surface area contributed by atoms with Crippen molar-refractivity contribution in [1.82, 2.24) is 0 Å². The van der Waals surface area contributed by atoms with Crippen LogP contribution in [0.25, 0.3) is 5.57 Å². The largest absolute Gasteiger partial charge is 0.481 e. The van der Waals surface area contributed by atoms with Crippen molar-refractivity contribution in [3.05, 3.63) is 75.3 Å². The number of rotatable bonds is 5. The maximum atomic E-state index is 12.4. The summed E-state index contributed by atoms with van der Waals surface area (Å²) in [5.41, 5.74) is 3.24. The first-order valence-electron chi connectivity index (χ1n) is 8.53. The Hall–Kier alpha value is -2.40. The van der Waals surface area contributed by atoms with Gasteiger partial charge in [0.1, 0.15) is 0 Å². The molecule has 0 atom stereocenters. The topological polar surface area (TPSA) is 63.6 Å². The molecule has 2 rings (SSSR count). The summed E-state index contributed by atoms with van der Waals surface area (Å²) in [6.07, 6.45) is -0.419. The molecule has 2 aromatic rings. The van der Waals surface area contributed by atoms with Crippen LogP contribution in [0.4, 0.5) is 0 Å². The van der Waals surface area contributed by atoms with E-state index in [1.165, 1.54) is 7.11 Å². The number of esters is 1. The first-order chi connectivity index (χ1) is 12.6. The molecule has 0 heterocycles. The Morgan fingerprint density at radius 1 is 1.04 bits per heavy atom. The van der Waals surface area contributed by atoms with Gasteiger partial charge in [-0.05, 0) is 39.8 Å². The molecule has 0 saturated heterocycles. The van der Waals surface area contributed by atoms with Gasteiger partial charge in [-0.2, -0.15) is 0 Å². The second-order valence-electron chi connectivity index (χ2n) is 7.25. The van der Waals surface area contributed by atoms with Gasteiger partial charge in [0.2, 0.25) is 0 Å². The van der Waals surface area contributed by atoms with Crippen molar-refractivity contribution in [1.29, 1.82) is 0 Å². The molecule has 0 aliphatic rings. The highest BCUT2D eigenvalue weighted by Gasteiger charge is 2.23. The molecule has 0 aromatic heterocycles. The molecule has 27 heavy (non-hydrogen) atoms. The Balaban J connectivity index is 2.80. The molecule has 5 heteroatoms. The van der Waals surface area contributed by atoms with Crippen molar-refractivity contribution < 1.29 is 19.4 Å². The third-order valence-corrected chi connectivity index (χ3v) is 4.74. The number of carbonyl (C=O) groups is 2. The van der Waals surface area contributed by atoms with E-state index in [0.717, 1.165) is 21.2 Å². The van der Waals surface area contributed by atoms with Crippen LogP contribution in [0.5, 0.6) is 0 Å². The molecule has 2 aromatic carbocycles. The summed E-state index contributed by atoms with van der Waals surface area (Å²) in [6, 6.07) is 15.3. The van der Waals surface area contributed by atoms with E-state index >= 15 is 0 Å². The van der Waals surface area contributed by atoms with E-state index in [0.29, 0.717) is 5.57 Å². The summed E-state index contributed by atoms with van der Waals surface area (Å²) in [7, 11) is 1.26. The zero-order valence-electron chi connectivity index (χ0n) is 15.9. The number of carboxylic acid groups (broad SMARTS) is 1. The van der Waals surface area contributed by atoms with Crippen molar-refractivity contribution in [3.8, 4) is 0 Å². The van der Waals surface area contributed by atoms with E-state index < -0.39 is 18.4 Å². The van der Waals surface area contributed by atoms with E-state index in [-0.39, 0.29) is 11.0 Å². The maximum absolute atomic E-state index is 12.4. The summed E-state index contributed by atoms with van der Waals surface area (Å²) in [5, 5.41) is 9.35.